The maximum Gasteiger partial charge on any atom is 0.170 e. The van der Waals surface area contributed by atoms with Crippen LogP contribution in [0.25, 0.3) is 0 Å². The number of hydrogen-bond donors (Lipinski definition) is 0. The number of carbonyl (C=O) groups is 1. The smallest absolute Gasteiger partial charge is 0.170 e. The molecule has 6 nitrogen and oxygen atoms in total. The lowest BCUT2D eigenvalue weighted by atomic mass is 9.72. The topological polar surface area (TPSA) is 75.7 Å². The zero-order valence-electron chi connectivity index (χ0n) is 18.4. The maximum absolute atomic E-state index is 12.4. The van der Waals surface area contributed by atoms with Crippen molar-refractivity contribution in [2.45, 2.75) is 63.0 Å². The van der Waals surface area contributed by atoms with Gasteiger partial charge in [-0.2, -0.15) is 5.26 Å². The molecule has 0 radical (unpaired) electrons. The van der Waals surface area contributed by atoms with Crippen LogP contribution in [0.15, 0.2) is 53.1 Å². The summed E-state index contributed by atoms with van der Waals surface area (Å²) in [5.41, 5.74) is -0.0624. The summed E-state index contributed by atoms with van der Waals surface area (Å²) in [5.74, 6) is -0.138. The number of benzene rings is 1. The van der Waals surface area contributed by atoms with Gasteiger partial charge < -0.3 is 13.9 Å². The number of nitrogens with zero attached hydrogens (tertiary/aromatic N) is 2. The van der Waals surface area contributed by atoms with Gasteiger partial charge in [0.1, 0.15) is 17.6 Å². The fourth-order valence-corrected chi connectivity index (χ4v) is 5.07. The van der Waals surface area contributed by atoms with Crippen LogP contribution in [-0.2, 0) is 19.8 Å². The van der Waals surface area contributed by atoms with Gasteiger partial charge in [0.15, 0.2) is 11.3 Å². The van der Waals surface area contributed by atoms with Crippen molar-refractivity contribution in [2.24, 2.45) is 5.92 Å². The molecule has 2 aromatic rings. The molecule has 4 rings (SSSR count). The van der Waals surface area contributed by atoms with E-state index in [0.29, 0.717) is 25.2 Å². The van der Waals surface area contributed by atoms with E-state index in [0.717, 1.165) is 18.4 Å². The summed E-state index contributed by atoms with van der Waals surface area (Å²) in [7, 11) is 1.93. The van der Waals surface area contributed by atoms with E-state index in [1.54, 1.807) is 12.3 Å². The van der Waals surface area contributed by atoms with Gasteiger partial charge >= 0.3 is 0 Å². The molecule has 31 heavy (non-hydrogen) atoms. The molecule has 0 bridgehead atoms. The van der Waals surface area contributed by atoms with Crippen LogP contribution in [-0.4, -0.2) is 36.2 Å². The number of carbonyl (C=O) groups excluding carboxylic acids is 1. The highest BCUT2D eigenvalue weighted by Gasteiger charge is 2.53. The normalized spacial score (nSPS) is 28.1. The highest BCUT2D eigenvalue weighted by molar-refractivity contribution is 5.79. The lowest BCUT2D eigenvalue weighted by Gasteiger charge is -2.50. The quantitative estimate of drug-likeness (QED) is 0.702. The molecule has 1 saturated carbocycles. The summed E-state index contributed by atoms with van der Waals surface area (Å²) in [6.45, 7) is 4.21. The molecule has 1 aromatic heterocycles. The third kappa shape index (κ3) is 4.06. The molecule has 0 unspecified atom stereocenters. The van der Waals surface area contributed by atoms with E-state index in [9.17, 15) is 10.1 Å². The van der Waals surface area contributed by atoms with Crippen LogP contribution < -0.4 is 0 Å². The fourth-order valence-electron chi connectivity index (χ4n) is 5.07. The molecule has 4 atom stereocenters. The number of furan rings is 1. The average Bonchev–Trinajstić information content (AvgIpc) is 3.30. The van der Waals surface area contributed by atoms with Crippen LogP contribution in [0.1, 0.15) is 57.0 Å². The second-order valence-corrected chi connectivity index (χ2v) is 9.03. The molecule has 1 aliphatic heterocycles. The Morgan fingerprint density at radius 2 is 1.97 bits per heavy atom. The van der Waals surface area contributed by atoms with Gasteiger partial charge in [-0.1, -0.05) is 30.3 Å². The first-order chi connectivity index (χ1) is 14.9. The second-order valence-electron chi connectivity index (χ2n) is 9.03. The van der Waals surface area contributed by atoms with Crippen LogP contribution in [0.4, 0.5) is 0 Å². The van der Waals surface area contributed by atoms with Crippen molar-refractivity contribution in [1.82, 2.24) is 4.90 Å². The molecule has 1 aromatic carbocycles. The first-order valence-corrected chi connectivity index (χ1v) is 10.9. The summed E-state index contributed by atoms with van der Waals surface area (Å²) in [6, 6.07) is 16.0. The van der Waals surface area contributed by atoms with Gasteiger partial charge in [0.25, 0.3) is 0 Å². The fraction of sp³-hybridized carbons (Fsp3) is 0.520. The molecule has 0 amide bonds. The molecule has 2 fully saturated rings. The molecule has 1 saturated heterocycles. The minimum atomic E-state index is -1.09. The average molecular weight is 423 g/mol. The molecule has 1 aliphatic carbocycles. The number of ether oxygens (including phenoxy) is 2. The minimum absolute atomic E-state index is 0.165. The molecule has 0 N–H and O–H groups in total. The van der Waals surface area contributed by atoms with Gasteiger partial charge in [-0.3, -0.25) is 9.69 Å². The third-order valence-corrected chi connectivity index (χ3v) is 6.68. The predicted octanol–water partition coefficient (Wildman–Crippen LogP) is 4.58. The van der Waals surface area contributed by atoms with Crippen molar-refractivity contribution in [3.05, 3.63) is 60.1 Å². The van der Waals surface area contributed by atoms with Gasteiger partial charge in [-0.25, -0.2) is 0 Å². The van der Waals surface area contributed by atoms with E-state index < -0.39 is 11.3 Å². The first-order valence-electron chi connectivity index (χ1n) is 10.9. The van der Waals surface area contributed by atoms with E-state index >= 15 is 0 Å². The van der Waals surface area contributed by atoms with Crippen molar-refractivity contribution in [2.75, 3.05) is 13.7 Å². The number of hydrogen-bond acceptors (Lipinski definition) is 6. The van der Waals surface area contributed by atoms with Crippen LogP contribution in [0.3, 0.4) is 0 Å². The number of likely N-dealkylation sites (N-methyl/N-ethyl adjacent to an activating group) is 1. The highest BCUT2D eigenvalue weighted by Crippen LogP contribution is 2.46. The zero-order chi connectivity index (χ0) is 22.1. The molecule has 164 valence electrons. The van der Waals surface area contributed by atoms with Gasteiger partial charge in [0.05, 0.1) is 25.0 Å². The minimum Gasteiger partial charge on any atom is -0.466 e. The van der Waals surface area contributed by atoms with Gasteiger partial charge in [0, 0.05) is 18.8 Å². The molecule has 2 heterocycles. The Kier molecular flexibility index (Phi) is 6.02. The molecule has 0 spiro atoms. The Labute approximate surface area is 183 Å². The van der Waals surface area contributed by atoms with Gasteiger partial charge in [-0.05, 0) is 51.4 Å². The van der Waals surface area contributed by atoms with Crippen molar-refractivity contribution < 1.29 is 18.7 Å². The number of nitriles is 1. The van der Waals surface area contributed by atoms with Crippen LogP contribution in [0.5, 0.6) is 0 Å². The van der Waals surface area contributed by atoms with Crippen LogP contribution in [0, 0.1) is 17.2 Å². The second kappa shape index (κ2) is 8.58. The van der Waals surface area contributed by atoms with E-state index in [2.05, 4.69) is 6.07 Å². The summed E-state index contributed by atoms with van der Waals surface area (Å²) in [5, 5.41) is 10.6. The van der Waals surface area contributed by atoms with Gasteiger partial charge in [-0.15, -0.1) is 0 Å². The highest BCUT2D eigenvalue weighted by atomic mass is 16.7. The Bertz CT molecular complexity index is 934. The summed E-state index contributed by atoms with van der Waals surface area (Å²) in [6.07, 6.45) is 3.82. The lowest BCUT2D eigenvalue weighted by molar-refractivity contribution is -0.301. The SMILES string of the molecule is CN([C@H]1COC(C)(C)O[C@H]1c1ccccc1)[C@](C#N)(c1ccco1)[C@@H]1CCCC(=O)C1. The first kappa shape index (κ1) is 21.8. The predicted molar refractivity (Wildman–Crippen MR) is 115 cm³/mol. The van der Waals surface area contributed by atoms with E-state index in [-0.39, 0.29) is 23.8 Å². The molecule has 6 heteroatoms. The summed E-state index contributed by atoms with van der Waals surface area (Å²) in [4.78, 5) is 14.4. The third-order valence-electron chi connectivity index (χ3n) is 6.68. The van der Waals surface area contributed by atoms with Gasteiger partial charge in [0.2, 0.25) is 0 Å². The molecular weight excluding hydrogens is 392 g/mol. The van der Waals surface area contributed by atoms with Crippen molar-refractivity contribution in [3.63, 3.8) is 0 Å². The summed E-state index contributed by atoms with van der Waals surface area (Å²) < 4.78 is 18.2. The number of Topliss-reactive ketones (excluding diaryl/α,β-unsaturated/α-hetero) is 1. The van der Waals surface area contributed by atoms with Crippen LogP contribution in [0.2, 0.25) is 0 Å². The lowest BCUT2D eigenvalue weighted by Crippen LogP contribution is -2.59. The van der Waals surface area contributed by atoms with Crippen molar-refractivity contribution in [1.29, 1.82) is 5.26 Å². The van der Waals surface area contributed by atoms with Crippen LogP contribution >= 0.6 is 0 Å². The zero-order valence-corrected chi connectivity index (χ0v) is 18.4. The van der Waals surface area contributed by atoms with Crippen molar-refractivity contribution in [3.8, 4) is 6.07 Å². The molecular formula is C25H30N2O4. The largest absolute Gasteiger partial charge is 0.466 e. The maximum atomic E-state index is 12.4. The van der Waals surface area contributed by atoms with E-state index in [4.69, 9.17) is 13.9 Å². The Morgan fingerprint density at radius 1 is 1.19 bits per heavy atom. The number of rotatable bonds is 5. The number of ketones is 1. The Balaban J connectivity index is 1.77. The van der Waals surface area contributed by atoms with E-state index in [1.807, 2.05) is 62.2 Å². The van der Waals surface area contributed by atoms with E-state index in [1.165, 1.54) is 0 Å². The Hall–Kier alpha value is -2.46. The van der Waals surface area contributed by atoms with Crippen molar-refractivity contribution >= 4 is 5.78 Å². The monoisotopic (exact) mass is 422 g/mol. The standard InChI is InChI=1S/C25H30N2O4/c1-24(2)30-16-21(23(31-24)18-9-5-4-6-10-18)27(3)25(17-26,22-13-8-14-29-22)19-11-7-12-20(28)15-19/h4-6,8-10,13-14,19,21,23H,7,11-12,15-16H2,1-3H3/t19-,21+,23+,25+/m1/s1. The molecule has 2 aliphatic rings. The summed E-state index contributed by atoms with van der Waals surface area (Å²) >= 11 is 0. The Morgan fingerprint density at radius 3 is 2.61 bits per heavy atom.